The highest BCUT2D eigenvalue weighted by Gasteiger charge is 2.27. The van der Waals surface area contributed by atoms with E-state index in [2.05, 4.69) is 39.5 Å². The molecule has 1 N–H and O–H groups in total. The lowest BCUT2D eigenvalue weighted by molar-refractivity contribution is 0.357. The van der Waals surface area contributed by atoms with Crippen molar-refractivity contribution in [2.45, 2.75) is 26.7 Å². The van der Waals surface area contributed by atoms with Crippen molar-refractivity contribution in [3.63, 3.8) is 0 Å². The van der Waals surface area contributed by atoms with Gasteiger partial charge in [0.25, 0.3) is 0 Å². The maximum absolute atomic E-state index is 10.2. The minimum absolute atomic E-state index is 0.0311. The number of phenolic OH excluding ortho intramolecular Hbond substituents is 1. The van der Waals surface area contributed by atoms with Crippen LogP contribution in [0.2, 0.25) is 0 Å². The van der Waals surface area contributed by atoms with Crippen LogP contribution in [0.4, 0.5) is 0 Å². The van der Waals surface area contributed by atoms with Crippen molar-refractivity contribution in [2.75, 3.05) is 0 Å². The van der Waals surface area contributed by atoms with E-state index in [4.69, 9.17) is 0 Å². The van der Waals surface area contributed by atoms with Crippen LogP contribution in [0.5, 0.6) is 5.75 Å². The van der Waals surface area contributed by atoms with Gasteiger partial charge in [-0.25, -0.2) is 0 Å². The molecule has 0 saturated heterocycles. The third-order valence-electron chi connectivity index (χ3n) is 3.43. The van der Waals surface area contributed by atoms with E-state index in [0.717, 1.165) is 16.3 Å². The number of aromatic hydroxyl groups is 1. The topological polar surface area (TPSA) is 20.2 Å². The van der Waals surface area contributed by atoms with Crippen LogP contribution < -0.4 is 0 Å². The van der Waals surface area contributed by atoms with Gasteiger partial charge in [0.2, 0.25) is 0 Å². The summed E-state index contributed by atoms with van der Waals surface area (Å²) in [4.78, 5) is 0. The number of allylic oxidation sites excluding steroid dienone is 1. The van der Waals surface area contributed by atoms with Crippen molar-refractivity contribution in [3.8, 4) is 5.75 Å². The van der Waals surface area contributed by atoms with Crippen LogP contribution in [-0.2, 0) is 0 Å². The summed E-state index contributed by atoms with van der Waals surface area (Å²) in [5.41, 5.74) is 1.01. The molecule has 0 aliphatic carbocycles. The maximum Gasteiger partial charge on any atom is 0.120 e. The Bertz CT molecular complexity index is 576. The predicted molar refractivity (Wildman–Crippen MR) is 78.0 cm³/mol. The number of hydrogen-bond donors (Lipinski definition) is 1. The molecule has 18 heavy (non-hydrogen) atoms. The molecule has 0 spiro atoms. The first-order chi connectivity index (χ1) is 8.45. The first-order valence-corrected chi connectivity index (χ1v) is 6.28. The minimum atomic E-state index is 0.0311. The van der Waals surface area contributed by atoms with E-state index in [0.29, 0.717) is 5.75 Å². The zero-order valence-corrected chi connectivity index (χ0v) is 11.3. The SMILES string of the molecule is C=C[C@@H](c1c(O)ccc2ccccc12)C(C)(C)C. The van der Waals surface area contributed by atoms with Crippen molar-refractivity contribution >= 4 is 10.8 Å². The van der Waals surface area contributed by atoms with Gasteiger partial charge >= 0.3 is 0 Å². The summed E-state index contributed by atoms with van der Waals surface area (Å²) in [6, 6.07) is 11.9. The number of hydrogen-bond acceptors (Lipinski definition) is 1. The Morgan fingerprint density at radius 3 is 2.39 bits per heavy atom. The van der Waals surface area contributed by atoms with Crippen LogP contribution in [0.15, 0.2) is 49.1 Å². The van der Waals surface area contributed by atoms with Crippen LogP contribution in [0, 0.1) is 5.41 Å². The summed E-state index contributed by atoms with van der Waals surface area (Å²) in [6.45, 7) is 10.4. The summed E-state index contributed by atoms with van der Waals surface area (Å²) in [7, 11) is 0. The van der Waals surface area contributed by atoms with Crippen molar-refractivity contribution in [1.29, 1.82) is 0 Å². The molecule has 1 nitrogen and oxygen atoms in total. The van der Waals surface area contributed by atoms with Crippen molar-refractivity contribution in [2.24, 2.45) is 5.41 Å². The first-order valence-electron chi connectivity index (χ1n) is 6.28. The van der Waals surface area contributed by atoms with E-state index in [9.17, 15) is 5.11 Å². The Labute approximate surface area is 109 Å². The molecular weight excluding hydrogens is 220 g/mol. The molecule has 0 aromatic heterocycles. The zero-order valence-electron chi connectivity index (χ0n) is 11.3. The smallest absolute Gasteiger partial charge is 0.120 e. The Morgan fingerprint density at radius 1 is 1.11 bits per heavy atom. The number of benzene rings is 2. The fourth-order valence-corrected chi connectivity index (χ4v) is 2.52. The van der Waals surface area contributed by atoms with E-state index in [-0.39, 0.29) is 11.3 Å². The van der Waals surface area contributed by atoms with E-state index < -0.39 is 0 Å². The first kappa shape index (κ1) is 12.7. The lowest BCUT2D eigenvalue weighted by atomic mass is 9.75. The Kier molecular flexibility index (Phi) is 3.16. The molecular formula is C17H20O. The third kappa shape index (κ3) is 2.13. The largest absolute Gasteiger partial charge is 0.508 e. The molecule has 0 saturated carbocycles. The second kappa shape index (κ2) is 4.49. The van der Waals surface area contributed by atoms with Crippen LogP contribution in [0.1, 0.15) is 32.3 Å². The summed E-state index contributed by atoms with van der Waals surface area (Å²) >= 11 is 0. The quantitative estimate of drug-likeness (QED) is 0.743. The van der Waals surface area contributed by atoms with Gasteiger partial charge in [0.1, 0.15) is 5.75 Å². The molecule has 0 bridgehead atoms. The molecule has 0 aliphatic heterocycles. The van der Waals surface area contributed by atoms with E-state index in [1.54, 1.807) is 6.07 Å². The highest BCUT2D eigenvalue weighted by molar-refractivity contribution is 5.88. The summed E-state index contributed by atoms with van der Waals surface area (Å²) in [5, 5.41) is 12.5. The van der Waals surface area contributed by atoms with E-state index in [1.807, 2.05) is 24.3 Å². The van der Waals surface area contributed by atoms with Crippen LogP contribution >= 0.6 is 0 Å². The molecule has 0 heterocycles. The van der Waals surface area contributed by atoms with Gasteiger partial charge in [-0.05, 0) is 22.3 Å². The summed E-state index contributed by atoms with van der Waals surface area (Å²) < 4.78 is 0. The predicted octanol–water partition coefficient (Wildman–Crippen LogP) is 4.86. The maximum atomic E-state index is 10.2. The van der Waals surface area contributed by atoms with E-state index >= 15 is 0 Å². The van der Waals surface area contributed by atoms with Crippen molar-refractivity contribution in [1.82, 2.24) is 0 Å². The Balaban J connectivity index is 2.76. The molecule has 2 rings (SSSR count). The van der Waals surface area contributed by atoms with Gasteiger partial charge in [-0.15, -0.1) is 6.58 Å². The number of fused-ring (bicyclic) bond motifs is 1. The second-order valence-corrected chi connectivity index (χ2v) is 5.80. The van der Waals surface area contributed by atoms with Gasteiger partial charge in [0.05, 0.1) is 0 Å². The van der Waals surface area contributed by atoms with Crippen LogP contribution in [0.25, 0.3) is 10.8 Å². The molecule has 94 valence electrons. The summed E-state index contributed by atoms with van der Waals surface area (Å²) in [5.74, 6) is 0.483. The van der Waals surface area contributed by atoms with Crippen LogP contribution in [-0.4, -0.2) is 5.11 Å². The van der Waals surface area contributed by atoms with Gasteiger partial charge < -0.3 is 5.11 Å². The number of phenols is 1. The normalized spacial score (nSPS) is 13.5. The van der Waals surface area contributed by atoms with Gasteiger partial charge in [-0.3, -0.25) is 0 Å². The monoisotopic (exact) mass is 240 g/mol. The highest BCUT2D eigenvalue weighted by atomic mass is 16.3. The van der Waals surface area contributed by atoms with Gasteiger partial charge in [0.15, 0.2) is 0 Å². The Hall–Kier alpha value is -1.76. The van der Waals surface area contributed by atoms with Crippen LogP contribution in [0.3, 0.4) is 0 Å². The molecule has 0 radical (unpaired) electrons. The van der Waals surface area contributed by atoms with Crippen molar-refractivity contribution in [3.05, 3.63) is 54.6 Å². The third-order valence-corrected chi connectivity index (χ3v) is 3.43. The highest BCUT2D eigenvalue weighted by Crippen LogP contribution is 2.43. The van der Waals surface area contributed by atoms with Gasteiger partial charge in [0, 0.05) is 11.5 Å². The number of rotatable bonds is 2. The standard InChI is InChI=1S/C17H20O/c1-5-14(17(2,3)4)16-13-9-7-6-8-12(13)10-11-15(16)18/h5-11,14,18H,1H2,2-4H3/t14-/m0/s1. The molecule has 0 amide bonds. The van der Waals surface area contributed by atoms with Gasteiger partial charge in [-0.1, -0.05) is 57.2 Å². The minimum Gasteiger partial charge on any atom is -0.508 e. The second-order valence-electron chi connectivity index (χ2n) is 5.80. The molecule has 0 fully saturated rings. The molecule has 1 heteroatoms. The Morgan fingerprint density at radius 2 is 1.78 bits per heavy atom. The average Bonchev–Trinajstić information content (AvgIpc) is 2.31. The molecule has 2 aromatic carbocycles. The summed E-state index contributed by atoms with van der Waals surface area (Å²) in [6.07, 6.45) is 1.93. The lowest BCUT2D eigenvalue weighted by Gasteiger charge is -2.30. The average molecular weight is 240 g/mol. The van der Waals surface area contributed by atoms with Crippen molar-refractivity contribution < 1.29 is 5.11 Å². The lowest BCUT2D eigenvalue weighted by Crippen LogP contribution is -2.16. The fourth-order valence-electron chi connectivity index (χ4n) is 2.52. The van der Waals surface area contributed by atoms with E-state index in [1.165, 1.54) is 0 Å². The fraction of sp³-hybridized carbons (Fsp3) is 0.294. The van der Waals surface area contributed by atoms with Gasteiger partial charge in [-0.2, -0.15) is 0 Å². The zero-order chi connectivity index (χ0) is 13.3. The molecule has 0 aliphatic rings. The molecule has 1 atom stereocenters. The molecule has 0 unspecified atom stereocenters. The molecule has 2 aromatic rings.